The van der Waals surface area contributed by atoms with Gasteiger partial charge in [-0.3, -0.25) is 4.90 Å². The van der Waals surface area contributed by atoms with Gasteiger partial charge in [-0.2, -0.15) is 0 Å². The molecule has 1 N–H and O–H groups in total. The number of hydrogen-bond acceptors (Lipinski definition) is 4. The van der Waals surface area contributed by atoms with E-state index in [1.165, 1.54) is 0 Å². The Labute approximate surface area is 108 Å². The lowest BCUT2D eigenvalue weighted by Gasteiger charge is -2.22. The largest absolute Gasteiger partial charge is 0.387 e. The summed E-state index contributed by atoms with van der Waals surface area (Å²) in [6, 6.07) is 0. The Morgan fingerprint density at radius 3 is 3.06 bits per heavy atom. The van der Waals surface area contributed by atoms with E-state index in [0.29, 0.717) is 6.54 Å². The Morgan fingerprint density at radius 2 is 2.33 bits per heavy atom. The van der Waals surface area contributed by atoms with Crippen molar-refractivity contribution in [3.63, 3.8) is 0 Å². The fourth-order valence-corrected chi connectivity index (χ4v) is 2.42. The molecule has 1 saturated heterocycles. The smallest absolute Gasteiger partial charge is 0.0981 e. The van der Waals surface area contributed by atoms with Crippen molar-refractivity contribution in [3.8, 4) is 0 Å². The first-order valence-corrected chi connectivity index (χ1v) is 6.66. The van der Waals surface area contributed by atoms with Crippen molar-refractivity contribution in [2.45, 2.75) is 38.3 Å². The molecular weight excluding hydrogens is 228 g/mol. The molecule has 1 aliphatic heterocycles. The molecule has 1 atom stereocenters. The molecule has 0 aliphatic carbocycles. The van der Waals surface area contributed by atoms with E-state index in [-0.39, 0.29) is 0 Å². The topological polar surface area (TPSA) is 54.2 Å². The van der Waals surface area contributed by atoms with Crippen LogP contribution in [-0.4, -0.2) is 50.2 Å². The number of rotatable bonds is 6. The first-order valence-electron chi connectivity index (χ1n) is 6.66. The molecule has 0 amide bonds. The standard InChI is InChI=1S/C13H22N4O/c1-2-3-4-5-8-16-9-6-13(18,11-16)12-17-10-7-14-15-17/h3-4,7,10,18H,2,5-6,8-9,11-12H2,1H3/b4-3+. The van der Waals surface area contributed by atoms with E-state index in [1.807, 2.05) is 0 Å². The van der Waals surface area contributed by atoms with Crippen molar-refractivity contribution in [1.29, 1.82) is 0 Å². The first kappa shape index (κ1) is 13.2. The van der Waals surface area contributed by atoms with Gasteiger partial charge >= 0.3 is 0 Å². The maximum atomic E-state index is 10.5. The van der Waals surface area contributed by atoms with Gasteiger partial charge in [0, 0.05) is 25.8 Å². The summed E-state index contributed by atoms with van der Waals surface area (Å²) >= 11 is 0. The van der Waals surface area contributed by atoms with E-state index in [2.05, 4.69) is 34.3 Å². The summed E-state index contributed by atoms with van der Waals surface area (Å²) in [4.78, 5) is 2.32. The molecule has 0 spiro atoms. The molecule has 0 bridgehead atoms. The average Bonchev–Trinajstić information content (AvgIpc) is 2.96. The predicted molar refractivity (Wildman–Crippen MR) is 70.1 cm³/mol. The summed E-state index contributed by atoms with van der Waals surface area (Å²) in [5, 5.41) is 18.2. The molecule has 0 saturated carbocycles. The van der Waals surface area contributed by atoms with Crippen LogP contribution in [0.2, 0.25) is 0 Å². The van der Waals surface area contributed by atoms with Crippen molar-refractivity contribution in [3.05, 3.63) is 24.5 Å². The van der Waals surface area contributed by atoms with Gasteiger partial charge in [0.1, 0.15) is 0 Å². The third kappa shape index (κ3) is 3.65. The molecule has 18 heavy (non-hydrogen) atoms. The van der Waals surface area contributed by atoms with E-state index < -0.39 is 5.60 Å². The van der Waals surface area contributed by atoms with Crippen LogP contribution in [0.3, 0.4) is 0 Å². The van der Waals surface area contributed by atoms with E-state index >= 15 is 0 Å². The monoisotopic (exact) mass is 250 g/mol. The van der Waals surface area contributed by atoms with E-state index in [1.54, 1.807) is 17.1 Å². The second-order valence-electron chi connectivity index (χ2n) is 5.02. The van der Waals surface area contributed by atoms with E-state index in [9.17, 15) is 5.11 Å². The second kappa shape index (κ2) is 6.11. The first-order chi connectivity index (χ1) is 8.72. The molecule has 0 aromatic carbocycles. The van der Waals surface area contributed by atoms with Crippen LogP contribution in [0.15, 0.2) is 24.5 Å². The van der Waals surface area contributed by atoms with Gasteiger partial charge in [0.2, 0.25) is 0 Å². The maximum absolute atomic E-state index is 10.5. The van der Waals surface area contributed by atoms with Crippen LogP contribution in [0, 0.1) is 0 Å². The average molecular weight is 250 g/mol. The van der Waals surface area contributed by atoms with Gasteiger partial charge in [0.05, 0.1) is 18.3 Å². The molecule has 1 unspecified atom stereocenters. The normalized spacial score (nSPS) is 25.2. The molecule has 5 nitrogen and oxygen atoms in total. The van der Waals surface area contributed by atoms with Crippen LogP contribution in [0.4, 0.5) is 0 Å². The van der Waals surface area contributed by atoms with Crippen molar-refractivity contribution in [2.24, 2.45) is 0 Å². The third-order valence-corrected chi connectivity index (χ3v) is 3.35. The van der Waals surface area contributed by atoms with Crippen LogP contribution in [0.1, 0.15) is 26.2 Å². The van der Waals surface area contributed by atoms with Crippen LogP contribution < -0.4 is 0 Å². The molecule has 1 aromatic heterocycles. The van der Waals surface area contributed by atoms with E-state index in [0.717, 1.165) is 38.9 Å². The van der Waals surface area contributed by atoms with Gasteiger partial charge < -0.3 is 5.11 Å². The van der Waals surface area contributed by atoms with Gasteiger partial charge in [-0.25, -0.2) is 4.68 Å². The lowest BCUT2D eigenvalue weighted by molar-refractivity contribution is 0.0283. The lowest BCUT2D eigenvalue weighted by atomic mass is 10.0. The quantitative estimate of drug-likeness (QED) is 0.767. The number of nitrogens with zero attached hydrogens (tertiary/aromatic N) is 4. The minimum absolute atomic E-state index is 0.536. The fourth-order valence-electron chi connectivity index (χ4n) is 2.42. The summed E-state index contributed by atoms with van der Waals surface area (Å²) in [5.74, 6) is 0. The number of likely N-dealkylation sites (tertiary alicyclic amines) is 1. The Morgan fingerprint density at radius 1 is 1.44 bits per heavy atom. The van der Waals surface area contributed by atoms with E-state index in [4.69, 9.17) is 0 Å². The molecule has 100 valence electrons. The number of aliphatic hydroxyl groups is 1. The Balaban J connectivity index is 1.78. The molecule has 1 fully saturated rings. The molecule has 0 radical (unpaired) electrons. The Kier molecular flexibility index (Phi) is 4.49. The molecular formula is C13H22N4O. The zero-order valence-electron chi connectivity index (χ0n) is 11.0. The highest BCUT2D eigenvalue weighted by Gasteiger charge is 2.36. The van der Waals surface area contributed by atoms with Crippen molar-refractivity contribution in [2.75, 3.05) is 19.6 Å². The van der Waals surface area contributed by atoms with Crippen LogP contribution in [-0.2, 0) is 6.54 Å². The van der Waals surface area contributed by atoms with Crippen LogP contribution in [0.25, 0.3) is 0 Å². The minimum Gasteiger partial charge on any atom is -0.387 e. The zero-order valence-corrected chi connectivity index (χ0v) is 11.0. The van der Waals surface area contributed by atoms with Gasteiger partial charge in [0.15, 0.2) is 0 Å². The molecule has 1 aromatic rings. The summed E-state index contributed by atoms with van der Waals surface area (Å²) in [7, 11) is 0. The molecule has 2 heterocycles. The van der Waals surface area contributed by atoms with Crippen LogP contribution in [0.5, 0.6) is 0 Å². The molecule has 2 rings (SSSR count). The minimum atomic E-state index is -0.651. The highest BCUT2D eigenvalue weighted by atomic mass is 16.3. The summed E-state index contributed by atoms with van der Waals surface area (Å²) < 4.78 is 1.71. The summed E-state index contributed by atoms with van der Waals surface area (Å²) in [5.41, 5.74) is -0.651. The zero-order chi connectivity index (χ0) is 12.8. The Hall–Kier alpha value is -1.20. The number of allylic oxidation sites excluding steroid dienone is 1. The number of aromatic nitrogens is 3. The Bertz CT molecular complexity index is 376. The fraction of sp³-hybridized carbons (Fsp3) is 0.692. The third-order valence-electron chi connectivity index (χ3n) is 3.35. The SMILES string of the molecule is CC/C=C/CCN1CCC(O)(Cn2ccnn2)C1. The molecule has 1 aliphatic rings. The summed E-state index contributed by atoms with van der Waals surface area (Å²) in [6.07, 6.45) is 10.8. The maximum Gasteiger partial charge on any atom is 0.0981 e. The van der Waals surface area contributed by atoms with Crippen molar-refractivity contribution >= 4 is 0 Å². The summed E-state index contributed by atoms with van der Waals surface area (Å²) in [6.45, 7) is 5.39. The highest BCUT2D eigenvalue weighted by Crippen LogP contribution is 2.22. The number of β-amino-alcohol motifs (C(OH)–C–C–N with tert-alkyl or cyclic N) is 1. The second-order valence-corrected chi connectivity index (χ2v) is 5.02. The predicted octanol–water partition coefficient (Wildman–Crippen LogP) is 1.07. The van der Waals surface area contributed by atoms with Crippen LogP contribution >= 0.6 is 0 Å². The molecule has 5 heteroatoms. The van der Waals surface area contributed by atoms with Gasteiger partial charge in [0.25, 0.3) is 0 Å². The highest BCUT2D eigenvalue weighted by molar-refractivity contribution is 4.91. The lowest BCUT2D eigenvalue weighted by Crippen LogP contribution is -2.38. The number of hydrogen-bond donors (Lipinski definition) is 1. The van der Waals surface area contributed by atoms with Gasteiger partial charge in [-0.1, -0.05) is 24.3 Å². The van der Waals surface area contributed by atoms with Gasteiger partial charge in [-0.15, -0.1) is 5.10 Å². The van der Waals surface area contributed by atoms with Crippen molar-refractivity contribution in [1.82, 2.24) is 19.9 Å². The van der Waals surface area contributed by atoms with Crippen molar-refractivity contribution < 1.29 is 5.11 Å². The van der Waals surface area contributed by atoms with Gasteiger partial charge in [-0.05, 0) is 19.3 Å².